The van der Waals surface area contributed by atoms with Crippen LogP contribution < -0.4 is 10.2 Å². The second kappa shape index (κ2) is 10.1. The van der Waals surface area contributed by atoms with Crippen LogP contribution in [-0.2, 0) is 6.42 Å². The van der Waals surface area contributed by atoms with Crippen LogP contribution in [0.2, 0.25) is 5.02 Å². The van der Waals surface area contributed by atoms with Gasteiger partial charge in [0.15, 0.2) is 5.69 Å². The minimum absolute atomic E-state index is 0.347. The Morgan fingerprint density at radius 2 is 1.52 bits per heavy atom. The summed E-state index contributed by atoms with van der Waals surface area (Å²) in [5, 5.41) is 12.1. The number of nitrogens with zero attached hydrogens (tertiary/aromatic N) is 4. The molecule has 1 N–H and O–H groups in total. The first-order valence-electron chi connectivity index (χ1n) is 12.8. The molecule has 1 amide bonds. The Hall–Kier alpha value is -4.72. The van der Waals surface area contributed by atoms with Gasteiger partial charge in [0, 0.05) is 33.6 Å². The van der Waals surface area contributed by atoms with E-state index in [-0.39, 0.29) is 5.91 Å². The van der Waals surface area contributed by atoms with Crippen molar-refractivity contribution in [2.75, 3.05) is 0 Å². The quantitative estimate of drug-likeness (QED) is 0.234. The van der Waals surface area contributed by atoms with Crippen molar-refractivity contribution in [3.05, 3.63) is 141 Å². The molecule has 0 atom stereocenters. The molecular formula is C32H22ClN5OS. The molecule has 0 aliphatic heterocycles. The molecule has 1 aliphatic rings. The van der Waals surface area contributed by atoms with Gasteiger partial charge >= 0.3 is 0 Å². The van der Waals surface area contributed by atoms with Crippen LogP contribution in [0.15, 0.2) is 120 Å². The van der Waals surface area contributed by atoms with Gasteiger partial charge in [-0.05, 0) is 47.5 Å². The molecule has 0 radical (unpaired) electrons. The number of aromatic nitrogens is 3. The van der Waals surface area contributed by atoms with E-state index in [1.165, 1.54) is 16.9 Å². The number of carbonyl (C=O) groups excluding carboxylic acids is 1. The Kier molecular flexibility index (Phi) is 6.15. The lowest BCUT2D eigenvalue weighted by atomic mass is 10.1. The normalized spacial score (nSPS) is 12.3. The first kappa shape index (κ1) is 24.3. The summed E-state index contributed by atoms with van der Waals surface area (Å²) in [7, 11) is 0. The average Bonchev–Trinajstić information content (AvgIpc) is 3.70. The van der Waals surface area contributed by atoms with Crippen LogP contribution >= 0.6 is 22.9 Å². The standard InChI is InChI=1S/C32H22ClN5OS/c33-23-17-15-21(16-18-23)28-20-40-32(37(28)24-10-3-1-4-11-24)35-34-31(39)29-27-19-22-9-7-8-14-26(22)30(27)38(36-29)25-12-5-2-6-13-25/h1-18,20H,19H2,(H,34,39)/b35-32+. The molecule has 0 fully saturated rings. The SMILES string of the molecule is O=C(N/N=c1/scc(-c2ccc(Cl)cc2)n1-c1ccccc1)c1nn(-c2ccccc2)c2c1Cc1ccccc1-2. The molecule has 1 aliphatic carbocycles. The molecular weight excluding hydrogens is 538 g/mol. The van der Waals surface area contributed by atoms with Crippen molar-refractivity contribution in [3.8, 4) is 33.9 Å². The first-order valence-corrected chi connectivity index (χ1v) is 14.0. The smallest absolute Gasteiger partial charge is 0.284 e. The third-order valence-corrected chi connectivity index (χ3v) is 8.03. The molecule has 194 valence electrons. The molecule has 40 heavy (non-hydrogen) atoms. The number of hydrogen-bond acceptors (Lipinski definition) is 4. The van der Waals surface area contributed by atoms with Crippen LogP contribution in [0.3, 0.4) is 0 Å². The van der Waals surface area contributed by atoms with Crippen molar-refractivity contribution in [2.45, 2.75) is 6.42 Å². The summed E-state index contributed by atoms with van der Waals surface area (Å²) in [4.78, 5) is 14.3. The lowest BCUT2D eigenvalue weighted by Crippen LogP contribution is -2.25. The number of nitrogens with one attached hydrogen (secondary N) is 1. The highest BCUT2D eigenvalue weighted by Crippen LogP contribution is 2.39. The second-order valence-corrected chi connectivity index (χ2v) is 10.7. The van der Waals surface area contributed by atoms with Crippen molar-refractivity contribution >= 4 is 28.8 Å². The van der Waals surface area contributed by atoms with E-state index in [0.29, 0.717) is 21.9 Å². The van der Waals surface area contributed by atoms with E-state index in [1.54, 1.807) is 0 Å². The first-order chi connectivity index (χ1) is 19.7. The number of thiazole rings is 1. The molecule has 7 rings (SSSR count). The minimum Gasteiger partial charge on any atom is -0.284 e. The number of carbonyl (C=O) groups is 1. The molecule has 0 saturated carbocycles. The lowest BCUT2D eigenvalue weighted by Gasteiger charge is -2.09. The number of para-hydroxylation sites is 2. The Labute approximate surface area is 239 Å². The molecule has 6 aromatic rings. The van der Waals surface area contributed by atoms with E-state index in [4.69, 9.17) is 16.7 Å². The average molecular weight is 560 g/mol. The maximum absolute atomic E-state index is 13.6. The third-order valence-electron chi connectivity index (χ3n) is 6.95. The van der Waals surface area contributed by atoms with Gasteiger partial charge in [-0.15, -0.1) is 16.4 Å². The van der Waals surface area contributed by atoms with E-state index in [2.05, 4.69) is 22.7 Å². The maximum atomic E-state index is 13.6. The molecule has 0 unspecified atom stereocenters. The number of benzene rings is 4. The van der Waals surface area contributed by atoms with E-state index in [1.807, 2.05) is 112 Å². The van der Waals surface area contributed by atoms with Crippen molar-refractivity contribution < 1.29 is 4.79 Å². The zero-order valence-corrected chi connectivity index (χ0v) is 22.7. The van der Waals surface area contributed by atoms with E-state index in [9.17, 15) is 4.79 Å². The summed E-state index contributed by atoms with van der Waals surface area (Å²) in [6.07, 6.45) is 0.644. The molecule has 0 spiro atoms. The predicted molar refractivity (Wildman–Crippen MR) is 159 cm³/mol. The summed E-state index contributed by atoms with van der Waals surface area (Å²) in [5.74, 6) is -0.347. The highest BCUT2D eigenvalue weighted by atomic mass is 35.5. The lowest BCUT2D eigenvalue weighted by molar-refractivity contribution is 0.0947. The predicted octanol–water partition coefficient (Wildman–Crippen LogP) is 6.86. The van der Waals surface area contributed by atoms with Crippen LogP contribution in [0.4, 0.5) is 0 Å². The van der Waals surface area contributed by atoms with Gasteiger partial charge in [0.1, 0.15) is 0 Å². The summed E-state index contributed by atoms with van der Waals surface area (Å²) >= 11 is 7.58. The zero-order valence-electron chi connectivity index (χ0n) is 21.2. The molecule has 0 bridgehead atoms. The van der Waals surface area contributed by atoms with Crippen LogP contribution in [-0.4, -0.2) is 20.3 Å². The van der Waals surface area contributed by atoms with Gasteiger partial charge in [0.05, 0.1) is 17.1 Å². The van der Waals surface area contributed by atoms with E-state index in [0.717, 1.165) is 39.5 Å². The van der Waals surface area contributed by atoms with Crippen molar-refractivity contribution in [1.82, 2.24) is 19.8 Å². The molecule has 4 aromatic carbocycles. The monoisotopic (exact) mass is 559 g/mol. The number of fused-ring (bicyclic) bond motifs is 3. The van der Waals surface area contributed by atoms with Gasteiger partial charge in [-0.2, -0.15) is 5.10 Å². The second-order valence-electron chi connectivity index (χ2n) is 9.39. The summed E-state index contributed by atoms with van der Waals surface area (Å²) in [6, 6.07) is 35.8. The minimum atomic E-state index is -0.347. The fourth-order valence-electron chi connectivity index (χ4n) is 5.12. The highest BCUT2D eigenvalue weighted by molar-refractivity contribution is 7.07. The summed E-state index contributed by atoms with van der Waals surface area (Å²) in [6.45, 7) is 0. The van der Waals surface area contributed by atoms with Crippen LogP contribution in [0.25, 0.3) is 33.9 Å². The van der Waals surface area contributed by atoms with Crippen molar-refractivity contribution in [1.29, 1.82) is 0 Å². The van der Waals surface area contributed by atoms with Gasteiger partial charge in [0.25, 0.3) is 5.91 Å². The Balaban J connectivity index is 1.30. The molecule has 8 heteroatoms. The van der Waals surface area contributed by atoms with Gasteiger partial charge in [-0.3, -0.25) is 9.36 Å². The van der Waals surface area contributed by atoms with Crippen molar-refractivity contribution in [2.24, 2.45) is 5.10 Å². The van der Waals surface area contributed by atoms with Crippen LogP contribution in [0, 0.1) is 0 Å². The number of halogens is 1. The van der Waals surface area contributed by atoms with Gasteiger partial charge < -0.3 is 0 Å². The Morgan fingerprint density at radius 3 is 2.27 bits per heavy atom. The fourth-order valence-corrected chi connectivity index (χ4v) is 6.11. The van der Waals surface area contributed by atoms with Gasteiger partial charge in [-0.1, -0.05) is 84.4 Å². The Morgan fingerprint density at radius 1 is 0.850 bits per heavy atom. The van der Waals surface area contributed by atoms with Gasteiger partial charge in [0.2, 0.25) is 4.80 Å². The number of hydrogen-bond donors (Lipinski definition) is 1. The zero-order chi connectivity index (χ0) is 27.1. The molecule has 6 nitrogen and oxygen atoms in total. The molecule has 2 aromatic heterocycles. The van der Waals surface area contributed by atoms with Crippen molar-refractivity contribution in [3.63, 3.8) is 0 Å². The molecule has 2 heterocycles. The molecule has 0 saturated heterocycles. The largest absolute Gasteiger partial charge is 0.292 e. The van der Waals surface area contributed by atoms with E-state index < -0.39 is 0 Å². The highest BCUT2D eigenvalue weighted by Gasteiger charge is 2.30. The van der Waals surface area contributed by atoms with Gasteiger partial charge in [-0.25, -0.2) is 10.1 Å². The maximum Gasteiger partial charge on any atom is 0.292 e. The summed E-state index contributed by atoms with van der Waals surface area (Å²) < 4.78 is 3.89. The third kappa shape index (κ3) is 4.25. The number of amides is 1. The number of rotatable bonds is 5. The fraction of sp³-hybridized carbons (Fsp3) is 0.0312. The summed E-state index contributed by atoms with van der Waals surface area (Å²) in [5.41, 5.74) is 11.1. The Bertz CT molecular complexity index is 1920. The van der Waals surface area contributed by atoms with Crippen LogP contribution in [0.1, 0.15) is 21.6 Å². The topological polar surface area (TPSA) is 64.2 Å². The van der Waals surface area contributed by atoms with E-state index >= 15 is 0 Å². The van der Waals surface area contributed by atoms with Crippen LogP contribution in [0.5, 0.6) is 0 Å².